The molecule has 18 heavy (non-hydrogen) atoms. The van der Waals surface area contributed by atoms with Crippen molar-refractivity contribution in [1.82, 2.24) is 10.6 Å². The number of benzene rings is 1. The Morgan fingerprint density at radius 3 is 2.83 bits per heavy atom. The summed E-state index contributed by atoms with van der Waals surface area (Å²) in [6, 6.07) is 5.16. The standard InChI is InChI=1S/C13H20N2O3/c1-3-15-13(17)6-7-14-9-10-4-5-11(18-2)8-12(10)16/h4-5,8,14,16H,3,6-7,9H2,1-2H3,(H,15,17). The fourth-order valence-electron chi connectivity index (χ4n) is 1.53. The molecule has 0 unspecified atom stereocenters. The summed E-state index contributed by atoms with van der Waals surface area (Å²) in [5.74, 6) is 0.849. The zero-order chi connectivity index (χ0) is 13.4. The molecule has 1 rings (SSSR count). The Morgan fingerprint density at radius 2 is 2.22 bits per heavy atom. The van der Waals surface area contributed by atoms with Crippen LogP contribution in [0.3, 0.4) is 0 Å². The van der Waals surface area contributed by atoms with Crippen LogP contribution in [0.1, 0.15) is 18.9 Å². The molecule has 0 saturated heterocycles. The van der Waals surface area contributed by atoms with E-state index in [2.05, 4.69) is 10.6 Å². The van der Waals surface area contributed by atoms with E-state index in [9.17, 15) is 9.90 Å². The van der Waals surface area contributed by atoms with Gasteiger partial charge in [0.25, 0.3) is 0 Å². The summed E-state index contributed by atoms with van der Waals surface area (Å²) < 4.78 is 5.00. The van der Waals surface area contributed by atoms with Crippen molar-refractivity contribution >= 4 is 5.91 Å². The minimum absolute atomic E-state index is 0.0314. The van der Waals surface area contributed by atoms with E-state index in [4.69, 9.17) is 4.74 Å². The van der Waals surface area contributed by atoms with Crippen LogP contribution in [0, 0.1) is 0 Å². The quantitative estimate of drug-likeness (QED) is 0.634. The largest absolute Gasteiger partial charge is 0.507 e. The van der Waals surface area contributed by atoms with Gasteiger partial charge in [-0.2, -0.15) is 0 Å². The number of phenols is 1. The van der Waals surface area contributed by atoms with Gasteiger partial charge in [-0.1, -0.05) is 6.07 Å². The number of amides is 1. The Kier molecular flexibility index (Phi) is 6.00. The highest BCUT2D eigenvalue weighted by Gasteiger charge is 2.03. The molecule has 1 amide bonds. The number of methoxy groups -OCH3 is 1. The third kappa shape index (κ3) is 4.63. The first-order valence-corrected chi connectivity index (χ1v) is 6.00. The van der Waals surface area contributed by atoms with Crippen molar-refractivity contribution in [3.8, 4) is 11.5 Å². The molecule has 0 aromatic heterocycles. The summed E-state index contributed by atoms with van der Waals surface area (Å²) in [5.41, 5.74) is 0.784. The van der Waals surface area contributed by atoms with E-state index < -0.39 is 0 Å². The van der Waals surface area contributed by atoms with Crippen LogP contribution in [0.25, 0.3) is 0 Å². The predicted molar refractivity (Wildman–Crippen MR) is 69.7 cm³/mol. The van der Waals surface area contributed by atoms with Gasteiger partial charge in [0.2, 0.25) is 5.91 Å². The van der Waals surface area contributed by atoms with Gasteiger partial charge in [-0.05, 0) is 13.0 Å². The highest BCUT2D eigenvalue weighted by Crippen LogP contribution is 2.22. The average molecular weight is 252 g/mol. The second-order valence-corrected chi connectivity index (χ2v) is 3.87. The Balaban J connectivity index is 2.33. The van der Waals surface area contributed by atoms with Crippen molar-refractivity contribution < 1.29 is 14.6 Å². The molecule has 5 nitrogen and oxygen atoms in total. The fourth-order valence-corrected chi connectivity index (χ4v) is 1.53. The highest BCUT2D eigenvalue weighted by molar-refractivity contribution is 5.75. The van der Waals surface area contributed by atoms with Crippen LogP contribution in [0.5, 0.6) is 11.5 Å². The first-order valence-electron chi connectivity index (χ1n) is 6.00. The van der Waals surface area contributed by atoms with Crippen molar-refractivity contribution in [2.24, 2.45) is 0 Å². The van der Waals surface area contributed by atoms with Crippen LogP contribution < -0.4 is 15.4 Å². The maximum atomic E-state index is 11.2. The highest BCUT2D eigenvalue weighted by atomic mass is 16.5. The van der Waals surface area contributed by atoms with E-state index in [1.807, 2.05) is 6.92 Å². The van der Waals surface area contributed by atoms with Crippen LogP contribution in [0.2, 0.25) is 0 Å². The van der Waals surface area contributed by atoms with Crippen LogP contribution in [-0.4, -0.2) is 31.2 Å². The van der Waals surface area contributed by atoms with Crippen molar-refractivity contribution in [3.63, 3.8) is 0 Å². The van der Waals surface area contributed by atoms with Crippen LogP contribution in [0.15, 0.2) is 18.2 Å². The third-order valence-corrected chi connectivity index (χ3v) is 2.51. The molecule has 1 aromatic carbocycles. The van der Waals surface area contributed by atoms with Gasteiger partial charge < -0.3 is 20.5 Å². The molecule has 5 heteroatoms. The van der Waals surface area contributed by atoms with E-state index in [0.717, 1.165) is 5.56 Å². The van der Waals surface area contributed by atoms with Gasteiger partial charge in [-0.15, -0.1) is 0 Å². The van der Waals surface area contributed by atoms with E-state index in [1.165, 1.54) is 0 Å². The second kappa shape index (κ2) is 7.55. The minimum atomic E-state index is 0.0314. The SMILES string of the molecule is CCNC(=O)CCNCc1ccc(OC)cc1O. The van der Waals surface area contributed by atoms with Crippen LogP contribution >= 0.6 is 0 Å². The van der Waals surface area contributed by atoms with E-state index >= 15 is 0 Å². The molecular formula is C13H20N2O3. The Bertz CT molecular complexity index is 394. The molecule has 0 saturated carbocycles. The number of nitrogens with one attached hydrogen (secondary N) is 2. The zero-order valence-electron chi connectivity index (χ0n) is 10.8. The predicted octanol–water partition coefficient (Wildman–Crippen LogP) is 1.02. The fraction of sp³-hybridized carbons (Fsp3) is 0.462. The normalized spacial score (nSPS) is 10.1. The summed E-state index contributed by atoms with van der Waals surface area (Å²) in [6.45, 7) is 3.64. The first kappa shape index (κ1) is 14.3. The van der Waals surface area contributed by atoms with Gasteiger partial charge in [0.15, 0.2) is 0 Å². The Hall–Kier alpha value is -1.75. The summed E-state index contributed by atoms with van der Waals surface area (Å²) in [4.78, 5) is 11.2. The Morgan fingerprint density at radius 1 is 1.44 bits per heavy atom. The number of aromatic hydroxyl groups is 1. The number of phenolic OH excluding ortho intramolecular Hbond substituents is 1. The molecule has 0 fully saturated rings. The Labute approximate surface area is 107 Å². The monoisotopic (exact) mass is 252 g/mol. The topological polar surface area (TPSA) is 70.6 Å². The lowest BCUT2D eigenvalue weighted by molar-refractivity contribution is -0.120. The van der Waals surface area contributed by atoms with Crippen molar-refractivity contribution in [2.45, 2.75) is 19.9 Å². The first-order chi connectivity index (χ1) is 8.67. The van der Waals surface area contributed by atoms with Gasteiger partial charge in [-0.25, -0.2) is 0 Å². The molecule has 0 bridgehead atoms. The zero-order valence-corrected chi connectivity index (χ0v) is 10.8. The van der Waals surface area contributed by atoms with E-state index in [-0.39, 0.29) is 11.7 Å². The molecule has 3 N–H and O–H groups in total. The van der Waals surface area contributed by atoms with Crippen molar-refractivity contribution in [3.05, 3.63) is 23.8 Å². The number of carbonyl (C=O) groups is 1. The number of ether oxygens (including phenoxy) is 1. The van der Waals surface area contributed by atoms with Gasteiger partial charge in [0.1, 0.15) is 11.5 Å². The molecule has 0 spiro atoms. The number of carbonyl (C=O) groups excluding carboxylic acids is 1. The summed E-state index contributed by atoms with van der Waals surface area (Å²) in [5, 5.41) is 15.5. The van der Waals surface area contributed by atoms with E-state index in [1.54, 1.807) is 25.3 Å². The van der Waals surface area contributed by atoms with Crippen molar-refractivity contribution in [2.75, 3.05) is 20.2 Å². The van der Waals surface area contributed by atoms with Gasteiger partial charge in [-0.3, -0.25) is 4.79 Å². The van der Waals surface area contributed by atoms with Crippen LogP contribution in [-0.2, 0) is 11.3 Å². The molecule has 0 atom stereocenters. The number of hydrogen-bond donors (Lipinski definition) is 3. The minimum Gasteiger partial charge on any atom is -0.507 e. The molecule has 0 aliphatic rings. The molecule has 1 aromatic rings. The molecular weight excluding hydrogens is 232 g/mol. The van der Waals surface area contributed by atoms with Gasteiger partial charge >= 0.3 is 0 Å². The van der Waals surface area contributed by atoms with Crippen LogP contribution in [0.4, 0.5) is 0 Å². The number of hydrogen-bond acceptors (Lipinski definition) is 4. The summed E-state index contributed by atoms with van der Waals surface area (Å²) in [6.07, 6.45) is 0.435. The third-order valence-electron chi connectivity index (χ3n) is 2.51. The molecule has 0 aliphatic carbocycles. The van der Waals surface area contributed by atoms with Gasteiger partial charge in [0, 0.05) is 37.7 Å². The molecule has 0 radical (unpaired) electrons. The smallest absolute Gasteiger partial charge is 0.221 e. The second-order valence-electron chi connectivity index (χ2n) is 3.87. The lowest BCUT2D eigenvalue weighted by Gasteiger charge is -2.08. The summed E-state index contributed by atoms with van der Waals surface area (Å²) in [7, 11) is 1.55. The maximum absolute atomic E-state index is 11.2. The number of rotatable bonds is 7. The molecule has 0 aliphatic heterocycles. The maximum Gasteiger partial charge on any atom is 0.221 e. The van der Waals surface area contributed by atoms with Gasteiger partial charge in [0.05, 0.1) is 7.11 Å². The van der Waals surface area contributed by atoms with Crippen molar-refractivity contribution in [1.29, 1.82) is 0 Å². The van der Waals surface area contributed by atoms with E-state index in [0.29, 0.717) is 31.8 Å². The summed E-state index contributed by atoms with van der Waals surface area (Å²) >= 11 is 0. The molecule has 100 valence electrons. The lowest BCUT2D eigenvalue weighted by atomic mass is 10.2. The molecule has 0 heterocycles. The lowest BCUT2D eigenvalue weighted by Crippen LogP contribution is -2.27. The average Bonchev–Trinajstić information content (AvgIpc) is 2.36.